The highest BCUT2D eigenvalue weighted by molar-refractivity contribution is 6.09. The van der Waals surface area contributed by atoms with Crippen molar-refractivity contribution in [2.45, 2.75) is 115 Å². The number of ketones is 1. The van der Waals surface area contributed by atoms with Crippen LogP contribution < -0.4 is 5.32 Å². The molecule has 44 heavy (non-hydrogen) atoms. The molecule has 7 nitrogen and oxygen atoms in total. The summed E-state index contributed by atoms with van der Waals surface area (Å²) < 4.78 is 6.28. The smallest absolute Gasteiger partial charge is 0.231 e. The summed E-state index contributed by atoms with van der Waals surface area (Å²) in [5, 5.41) is 37.8. The number of rotatable bonds is 4. The third-order valence-electron chi connectivity index (χ3n) is 12.7. The zero-order valence-electron chi connectivity index (χ0n) is 27.1. The number of Topliss-reactive ketones (excluding diaryl/α,β-unsaturated/α-hetero) is 1. The van der Waals surface area contributed by atoms with Gasteiger partial charge in [0, 0.05) is 17.4 Å². The summed E-state index contributed by atoms with van der Waals surface area (Å²) in [6.07, 6.45) is 2.86. The van der Waals surface area contributed by atoms with Crippen LogP contribution in [0.4, 0.5) is 5.69 Å². The summed E-state index contributed by atoms with van der Waals surface area (Å²) in [5.41, 5.74) is 0.0114. The Morgan fingerprint density at radius 2 is 1.80 bits per heavy atom. The summed E-state index contributed by atoms with van der Waals surface area (Å²) in [6, 6.07) is 5.65. The minimum atomic E-state index is -1.38. The van der Waals surface area contributed by atoms with Gasteiger partial charge in [0.1, 0.15) is 12.2 Å². The lowest BCUT2D eigenvalue weighted by atomic mass is 9.41. The molecule has 1 aromatic rings. The van der Waals surface area contributed by atoms with E-state index in [1.807, 2.05) is 53.7 Å². The van der Waals surface area contributed by atoms with Gasteiger partial charge in [0.25, 0.3) is 0 Å². The first kappa shape index (κ1) is 31.4. The lowest BCUT2D eigenvalue weighted by molar-refractivity contribution is -0.211. The van der Waals surface area contributed by atoms with Gasteiger partial charge < -0.3 is 25.4 Å². The number of nitrogens with one attached hydrogen (secondary N) is 1. The van der Waals surface area contributed by atoms with Crippen molar-refractivity contribution in [1.29, 1.82) is 0 Å². The zero-order chi connectivity index (χ0) is 32.1. The quantitative estimate of drug-likeness (QED) is 0.321. The molecule has 238 valence electrons. The molecule has 2 heterocycles. The number of aliphatic hydroxyl groups is 3. The van der Waals surface area contributed by atoms with Gasteiger partial charge in [0.2, 0.25) is 5.91 Å². The first-order chi connectivity index (χ1) is 20.5. The molecule has 0 spiro atoms. The van der Waals surface area contributed by atoms with E-state index in [2.05, 4.69) is 18.5 Å². The maximum absolute atomic E-state index is 14.6. The van der Waals surface area contributed by atoms with Gasteiger partial charge in [-0.25, -0.2) is 0 Å². The average Bonchev–Trinajstić information content (AvgIpc) is 2.90. The topological polar surface area (TPSA) is 116 Å². The molecular weight excluding hydrogens is 554 g/mol. The predicted molar refractivity (Wildman–Crippen MR) is 170 cm³/mol. The average molecular weight is 604 g/mol. The summed E-state index contributed by atoms with van der Waals surface area (Å²) in [4.78, 5) is 29.0. The minimum absolute atomic E-state index is 0.0173. The fourth-order valence-electron chi connectivity index (χ4n) is 9.83. The number of carbonyl (C=O) groups excluding carboxylic acids is 2. The van der Waals surface area contributed by atoms with E-state index < -0.39 is 34.2 Å². The van der Waals surface area contributed by atoms with E-state index in [9.17, 15) is 24.9 Å². The second-order valence-corrected chi connectivity index (χ2v) is 15.5. The van der Waals surface area contributed by atoms with Gasteiger partial charge in [-0.3, -0.25) is 9.59 Å². The Balaban J connectivity index is 1.42. The molecule has 7 heteroatoms. The molecular formula is C37H49NO6. The monoisotopic (exact) mass is 603 g/mol. The number of aliphatic hydroxyl groups excluding tert-OH is 1. The van der Waals surface area contributed by atoms with Crippen molar-refractivity contribution in [3.8, 4) is 0 Å². The maximum Gasteiger partial charge on any atom is 0.231 e. The molecule has 3 aliphatic carbocycles. The third-order valence-corrected chi connectivity index (χ3v) is 12.7. The molecule has 6 rings (SSSR count). The largest absolute Gasteiger partial charge is 0.390 e. The summed E-state index contributed by atoms with van der Waals surface area (Å²) in [6.45, 7) is 19.6. The van der Waals surface area contributed by atoms with Gasteiger partial charge in [-0.15, -0.1) is 0 Å². The fourth-order valence-corrected chi connectivity index (χ4v) is 9.83. The van der Waals surface area contributed by atoms with Crippen LogP contribution >= 0.6 is 0 Å². The Labute approximate surface area is 261 Å². The van der Waals surface area contributed by atoms with Crippen LogP contribution in [-0.4, -0.2) is 56.5 Å². The van der Waals surface area contributed by atoms with Crippen molar-refractivity contribution >= 4 is 17.4 Å². The Hall–Kier alpha value is -2.58. The highest BCUT2D eigenvalue weighted by atomic mass is 16.5. The van der Waals surface area contributed by atoms with Crippen LogP contribution in [0.15, 0.2) is 54.2 Å². The number of fused-ring (bicyclic) bond motifs is 6. The molecule has 1 amide bonds. The van der Waals surface area contributed by atoms with E-state index in [1.165, 1.54) is 0 Å². The van der Waals surface area contributed by atoms with Crippen LogP contribution in [0.5, 0.6) is 0 Å². The molecule has 1 aromatic carbocycles. The SMILES string of the molecule is C=C(C)C1CC(C(C)(C)O)C1c1cccc2c1C(=O)CC1CCC3(O)C4=CC(O)C(C(=C)C)OC4CCC3(C)C1(C)C(=O)N2. The number of carbonyl (C=O) groups is 2. The second-order valence-electron chi connectivity index (χ2n) is 15.5. The molecule has 5 aliphatic rings. The summed E-state index contributed by atoms with van der Waals surface area (Å²) in [7, 11) is 0. The molecule has 3 saturated carbocycles. The number of ether oxygens (including phenoxy) is 1. The number of amides is 1. The normalized spacial score (nSPS) is 41.8. The van der Waals surface area contributed by atoms with E-state index in [0.717, 1.165) is 23.1 Å². The number of hydrogen-bond acceptors (Lipinski definition) is 6. The van der Waals surface area contributed by atoms with Crippen molar-refractivity contribution in [3.05, 3.63) is 65.3 Å². The summed E-state index contributed by atoms with van der Waals surface area (Å²) in [5.74, 6) is -0.488. The minimum Gasteiger partial charge on any atom is -0.390 e. The van der Waals surface area contributed by atoms with Crippen molar-refractivity contribution < 1.29 is 29.6 Å². The van der Waals surface area contributed by atoms with E-state index >= 15 is 0 Å². The molecule has 0 bridgehead atoms. The lowest BCUT2D eigenvalue weighted by Crippen LogP contribution is -2.70. The Bertz CT molecular complexity index is 1470. The molecule has 10 unspecified atom stereocenters. The van der Waals surface area contributed by atoms with Crippen molar-refractivity contribution in [2.75, 3.05) is 5.32 Å². The van der Waals surface area contributed by atoms with Crippen LogP contribution in [0.25, 0.3) is 0 Å². The second kappa shape index (κ2) is 10.2. The Morgan fingerprint density at radius 1 is 1.09 bits per heavy atom. The van der Waals surface area contributed by atoms with E-state index in [4.69, 9.17) is 4.74 Å². The Kier molecular flexibility index (Phi) is 7.29. The van der Waals surface area contributed by atoms with Gasteiger partial charge in [-0.05, 0) is 119 Å². The van der Waals surface area contributed by atoms with E-state index in [1.54, 1.807) is 12.1 Å². The van der Waals surface area contributed by atoms with E-state index in [-0.39, 0.29) is 47.9 Å². The van der Waals surface area contributed by atoms with Gasteiger partial charge in [0.15, 0.2) is 5.78 Å². The standard InChI is InChI=1S/C37H49NO6/c1-19(2)23-17-25(34(5,6)42)30(23)22-10-9-11-26-31(22)27(39)16-21-12-15-37(43)24-18-28(40)32(20(3)4)44-29(24)13-14-35(37,7)36(21,8)33(41)38-26/h9-11,18,21,23,25,28-30,32,40,42-43H,1,3,12-17H2,2,4-8H3,(H,38,41). The van der Waals surface area contributed by atoms with Gasteiger partial charge in [-0.2, -0.15) is 0 Å². The number of anilines is 1. The molecule has 4 N–H and O–H groups in total. The number of hydrogen-bond donors (Lipinski definition) is 4. The zero-order valence-corrected chi connectivity index (χ0v) is 27.1. The lowest BCUT2D eigenvalue weighted by Gasteiger charge is -2.65. The molecule has 2 aliphatic heterocycles. The first-order valence-corrected chi connectivity index (χ1v) is 16.2. The summed E-state index contributed by atoms with van der Waals surface area (Å²) >= 11 is 0. The van der Waals surface area contributed by atoms with Gasteiger partial charge in [-0.1, -0.05) is 37.8 Å². The molecule has 0 aromatic heterocycles. The van der Waals surface area contributed by atoms with E-state index in [0.29, 0.717) is 42.5 Å². The molecule has 3 fully saturated rings. The van der Waals surface area contributed by atoms with Gasteiger partial charge in [0.05, 0.1) is 28.4 Å². The van der Waals surface area contributed by atoms with Crippen LogP contribution in [0, 0.1) is 28.6 Å². The van der Waals surface area contributed by atoms with Crippen LogP contribution in [0.1, 0.15) is 102 Å². The number of benzene rings is 1. The first-order valence-electron chi connectivity index (χ1n) is 16.2. The van der Waals surface area contributed by atoms with Crippen molar-refractivity contribution in [3.63, 3.8) is 0 Å². The maximum atomic E-state index is 14.6. The van der Waals surface area contributed by atoms with Gasteiger partial charge >= 0.3 is 0 Å². The fraction of sp³-hybridized carbons (Fsp3) is 0.622. The molecule has 10 atom stereocenters. The van der Waals surface area contributed by atoms with Crippen LogP contribution in [0.3, 0.4) is 0 Å². The highest BCUT2D eigenvalue weighted by Gasteiger charge is 2.70. The Morgan fingerprint density at radius 3 is 2.43 bits per heavy atom. The number of allylic oxidation sites excluding steroid dienone is 1. The van der Waals surface area contributed by atoms with Crippen molar-refractivity contribution in [1.82, 2.24) is 0 Å². The molecule has 0 saturated heterocycles. The van der Waals surface area contributed by atoms with Crippen LogP contribution in [-0.2, 0) is 9.53 Å². The predicted octanol–water partition coefficient (Wildman–Crippen LogP) is 5.86. The third kappa shape index (κ3) is 4.22. The van der Waals surface area contributed by atoms with Crippen LogP contribution in [0.2, 0.25) is 0 Å². The van der Waals surface area contributed by atoms with Crippen molar-refractivity contribution in [2.24, 2.45) is 28.6 Å². The molecule has 0 radical (unpaired) electrons. The highest BCUT2D eigenvalue weighted by Crippen LogP contribution is 2.67.